The van der Waals surface area contributed by atoms with Crippen molar-refractivity contribution in [2.45, 2.75) is 6.85 Å². The standard InChI is InChI=1S/C24H24N4O2/c1-3-29-12-13-30-20-8-4-6-17(14-20)18-9-10-22-21(15-18)24(25-2)28-23(27-22)19-7-5-11-26-16-19/h4-11,14-16H,3,12-13H2,1-2H3,(H,25,27,28)/i1D3,3D2,12D2. The van der Waals surface area contributed by atoms with E-state index in [0.717, 1.165) is 27.6 Å². The topological polar surface area (TPSA) is 69.2 Å². The summed E-state index contributed by atoms with van der Waals surface area (Å²) in [5.41, 5.74) is 3.15. The number of fused-ring (bicyclic) bond motifs is 1. The molecule has 0 aliphatic heterocycles. The van der Waals surface area contributed by atoms with E-state index in [1.165, 1.54) is 0 Å². The highest BCUT2D eigenvalue weighted by atomic mass is 16.5. The molecule has 0 spiro atoms. The molecule has 0 amide bonds. The molecule has 0 unspecified atom stereocenters. The zero-order chi connectivity index (χ0) is 26.8. The lowest BCUT2D eigenvalue weighted by molar-refractivity contribution is 0.110. The average Bonchev–Trinajstić information content (AvgIpc) is 2.86. The van der Waals surface area contributed by atoms with Gasteiger partial charge < -0.3 is 14.8 Å². The predicted molar refractivity (Wildman–Crippen MR) is 120 cm³/mol. The third-order valence-corrected chi connectivity index (χ3v) is 4.44. The van der Waals surface area contributed by atoms with Crippen LogP contribution in [0.25, 0.3) is 33.4 Å². The zero-order valence-electron chi connectivity index (χ0n) is 23.2. The van der Waals surface area contributed by atoms with E-state index in [1.807, 2.05) is 36.4 Å². The van der Waals surface area contributed by atoms with E-state index in [-0.39, 0.29) is 0 Å². The van der Waals surface area contributed by atoms with E-state index in [4.69, 9.17) is 14.3 Å². The van der Waals surface area contributed by atoms with Gasteiger partial charge in [0.25, 0.3) is 0 Å². The van der Waals surface area contributed by atoms with Crippen LogP contribution in [0.3, 0.4) is 0 Å². The number of hydrogen-bond donors (Lipinski definition) is 1. The summed E-state index contributed by atoms with van der Waals surface area (Å²) >= 11 is 0. The largest absolute Gasteiger partial charge is 0.491 e. The highest BCUT2D eigenvalue weighted by Crippen LogP contribution is 2.30. The van der Waals surface area contributed by atoms with Gasteiger partial charge in [-0.3, -0.25) is 4.98 Å². The summed E-state index contributed by atoms with van der Waals surface area (Å²) in [5, 5.41) is 3.92. The summed E-state index contributed by atoms with van der Waals surface area (Å²) in [4.78, 5) is 13.4. The number of nitrogens with one attached hydrogen (secondary N) is 1. The Morgan fingerprint density at radius 3 is 2.77 bits per heavy atom. The van der Waals surface area contributed by atoms with E-state index in [9.17, 15) is 0 Å². The van der Waals surface area contributed by atoms with Gasteiger partial charge in [-0.1, -0.05) is 18.2 Å². The summed E-state index contributed by atoms with van der Waals surface area (Å²) in [5.74, 6) is 1.50. The van der Waals surface area contributed by atoms with Gasteiger partial charge in [-0.15, -0.1) is 0 Å². The lowest BCUT2D eigenvalue weighted by Crippen LogP contribution is -2.06. The fourth-order valence-electron chi connectivity index (χ4n) is 3.07. The van der Waals surface area contributed by atoms with Gasteiger partial charge in [-0.2, -0.15) is 0 Å². The maximum Gasteiger partial charge on any atom is 0.163 e. The molecule has 4 aromatic rings. The minimum atomic E-state index is -3.17. The first-order valence-electron chi connectivity index (χ1n) is 12.7. The van der Waals surface area contributed by atoms with Crippen LogP contribution in [0.2, 0.25) is 0 Å². The van der Waals surface area contributed by atoms with Crippen LogP contribution in [0.15, 0.2) is 67.0 Å². The Morgan fingerprint density at radius 2 is 1.93 bits per heavy atom. The van der Waals surface area contributed by atoms with Gasteiger partial charge in [0, 0.05) is 41.1 Å². The molecule has 0 atom stereocenters. The van der Waals surface area contributed by atoms with Gasteiger partial charge in [-0.25, -0.2) is 9.97 Å². The molecule has 0 aliphatic carbocycles. The zero-order valence-corrected chi connectivity index (χ0v) is 16.2. The quantitative estimate of drug-likeness (QED) is 0.452. The number of rotatable bonds is 8. The van der Waals surface area contributed by atoms with Gasteiger partial charge >= 0.3 is 0 Å². The Labute approximate surface area is 185 Å². The Kier molecular flexibility index (Phi) is 4.02. The first-order chi connectivity index (χ1) is 17.4. The van der Waals surface area contributed by atoms with Crippen LogP contribution >= 0.6 is 0 Å². The molecule has 152 valence electrons. The van der Waals surface area contributed by atoms with Crippen LogP contribution in [-0.4, -0.2) is 41.7 Å². The molecular formula is C24H24N4O2. The Balaban J connectivity index is 1.57. The van der Waals surface area contributed by atoms with Crippen molar-refractivity contribution < 1.29 is 19.1 Å². The van der Waals surface area contributed by atoms with Crippen LogP contribution in [0.4, 0.5) is 5.82 Å². The molecule has 6 nitrogen and oxygen atoms in total. The summed E-state index contributed by atoms with van der Waals surface area (Å²) in [6.07, 6.45) is 3.38. The van der Waals surface area contributed by atoms with E-state index in [1.54, 1.807) is 37.6 Å². The molecule has 30 heavy (non-hydrogen) atoms. The van der Waals surface area contributed by atoms with Gasteiger partial charge in [0.15, 0.2) is 5.82 Å². The van der Waals surface area contributed by atoms with Gasteiger partial charge in [-0.05, 0) is 54.4 Å². The van der Waals surface area contributed by atoms with Gasteiger partial charge in [0.1, 0.15) is 18.2 Å². The number of aromatic nitrogens is 3. The predicted octanol–water partition coefficient (Wildman–Crippen LogP) is 4.82. The fourth-order valence-corrected chi connectivity index (χ4v) is 3.07. The van der Waals surface area contributed by atoms with Gasteiger partial charge in [0.2, 0.25) is 0 Å². The fraction of sp³-hybridized carbons (Fsp3) is 0.208. The number of ether oxygens (including phenoxy) is 2. The van der Waals surface area contributed by atoms with Gasteiger partial charge in [0.05, 0.1) is 17.6 Å². The molecule has 0 aliphatic rings. The second-order valence-corrected chi connectivity index (χ2v) is 6.28. The number of pyridine rings is 1. The molecule has 2 aromatic carbocycles. The smallest absolute Gasteiger partial charge is 0.163 e. The molecule has 2 heterocycles. The van der Waals surface area contributed by atoms with Crippen molar-refractivity contribution in [2.24, 2.45) is 0 Å². The van der Waals surface area contributed by atoms with Crippen LogP contribution in [0, 0.1) is 0 Å². The second-order valence-electron chi connectivity index (χ2n) is 6.28. The molecule has 0 fully saturated rings. The Hall–Kier alpha value is -3.51. The average molecular weight is 408 g/mol. The molecule has 0 saturated heterocycles. The summed E-state index contributed by atoms with van der Waals surface area (Å²) in [6, 6.07) is 16.3. The summed E-state index contributed by atoms with van der Waals surface area (Å²) in [6.45, 7) is -9.71. The number of anilines is 1. The van der Waals surface area contributed by atoms with Crippen LogP contribution in [0.1, 0.15) is 16.4 Å². The van der Waals surface area contributed by atoms with Crippen LogP contribution in [-0.2, 0) is 4.74 Å². The maximum absolute atomic E-state index is 7.85. The van der Waals surface area contributed by atoms with Crippen molar-refractivity contribution >= 4 is 16.7 Å². The van der Waals surface area contributed by atoms with E-state index in [0.29, 0.717) is 17.4 Å². The number of nitrogens with zero attached hydrogens (tertiary/aromatic N) is 3. The van der Waals surface area contributed by atoms with Crippen molar-refractivity contribution in [3.8, 4) is 28.3 Å². The minimum Gasteiger partial charge on any atom is -0.491 e. The number of hydrogen-bond acceptors (Lipinski definition) is 6. The SMILES string of the molecule is [2H]C([2H])(COc1cccc(-c2ccc3nc(-c4cccnc4)nc(NC)c3c2)c1)OC([2H])([2H])C([2H])([2H])[2H]. The lowest BCUT2D eigenvalue weighted by atomic mass is 10.0. The molecule has 0 radical (unpaired) electrons. The third kappa shape index (κ3) is 4.39. The molecule has 2 aromatic heterocycles. The number of benzene rings is 2. The minimum absolute atomic E-state index is 0.302. The monoisotopic (exact) mass is 407 g/mol. The van der Waals surface area contributed by atoms with Crippen molar-refractivity contribution in [2.75, 3.05) is 32.1 Å². The Bertz CT molecular complexity index is 1400. The maximum atomic E-state index is 7.85. The lowest BCUT2D eigenvalue weighted by Gasteiger charge is -2.11. The highest BCUT2D eigenvalue weighted by molar-refractivity contribution is 5.93. The van der Waals surface area contributed by atoms with E-state index >= 15 is 0 Å². The van der Waals surface area contributed by atoms with E-state index in [2.05, 4.69) is 25.0 Å². The molecular weight excluding hydrogens is 376 g/mol. The van der Waals surface area contributed by atoms with Crippen molar-refractivity contribution in [1.82, 2.24) is 15.0 Å². The second kappa shape index (κ2) is 9.33. The normalized spacial score (nSPS) is 15.7. The summed E-state index contributed by atoms with van der Waals surface area (Å²) < 4.78 is 62.3. The first kappa shape index (κ1) is 12.9. The first-order valence-corrected chi connectivity index (χ1v) is 9.22. The molecule has 6 heteroatoms. The molecule has 1 N–H and O–H groups in total. The van der Waals surface area contributed by atoms with Crippen molar-refractivity contribution in [3.05, 3.63) is 67.0 Å². The highest BCUT2D eigenvalue weighted by Gasteiger charge is 2.10. The Morgan fingerprint density at radius 1 is 1.03 bits per heavy atom. The van der Waals surface area contributed by atoms with Crippen LogP contribution < -0.4 is 10.1 Å². The van der Waals surface area contributed by atoms with Crippen LogP contribution in [0.5, 0.6) is 5.75 Å². The van der Waals surface area contributed by atoms with Crippen molar-refractivity contribution in [3.63, 3.8) is 0 Å². The van der Waals surface area contributed by atoms with E-state index < -0.39 is 26.6 Å². The third-order valence-electron chi connectivity index (χ3n) is 4.44. The van der Waals surface area contributed by atoms with Crippen molar-refractivity contribution in [1.29, 1.82) is 0 Å². The molecule has 0 bridgehead atoms. The molecule has 0 saturated carbocycles. The molecule has 4 rings (SSSR count). The summed E-state index contributed by atoms with van der Waals surface area (Å²) in [7, 11) is 1.78.